The van der Waals surface area contributed by atoms with Crippen LogP contribution in [-0.4, -0.2) is 4.98 Å². The van der Waals surface area contributed by atoms with Crippen LogP contribution in [0, 0.1) is 0 Å². The minimum Gasteiger partial charge on any atom is -0.454 e. The molecule has 2 N–H and O–H groups in total. The minimum absolute atomic E-state index is 0. The molecule has 0 bridgehead atoms. The first-order chi connectivity index (χ1) is 12.7. The van der Waals surface area contributed by atoms with Crippen molar-refractivity contribution < 1.29 is 4.42 Å². The summed E-state index contributed by atoms with van der Waals surface area (Å²) in [6, 6.07) is 22.7. The smallest absolute Gasteiger partial charge is 0.153 e. The summed E-state index contributed by atoms with van der Waals surface area (Å²) in [5.74, 6) is 0.859. The topological polar surface area (TPSA) is 52.0 Å². The molecule has 1 fully saturated rings. The van der Waals surface area contributed by atoms with Gasteiger partial charge in [0.05, 0.1) is 5.56 Å². The second-order valence-electron chi connectivity index (χ2n) is 7.11. The quantitative estimate of drug-likeness (QED) is 0.426. The van der Waals surface area contributed by atoms with E-state index in [4.69, 9.17) is 10.2 Å². The second-order valence-corrected chi connectivity index (χ2v) is 7.11. The van der Waals surface area contributed by atoms with Crippen molar-refractivity contribution in [1.29, 1.82) is 0 Å². The van der Waals surface area contributed by atoms with Gasteiger partial charge in [-0.25, -0.2) is 0 Å². The van der Waals surface area contributed by atoms with E-state index in [1.54, 1.807) is 0 Å². The zero-order chi connectivity index (χ0) is 17.6. The number of halogens is 2. The summed E-state index contributed by atoms with van der Waals surface area (Å²) in [5.41, 5.74) is 12.4. The standard InChI is InChI=1S/C23H20N2O.2ClH/c24-23(13-5-14-23)18-11-9-16(10-12-18)20-21-19(8-4-15-25-21)26-22(20)17-6-2-1-3-7-17;;/h1-4,6-12,15H,5,13-14,24H2;2*1H. The SMILES string of the molecule is Cl.Cl.NC1(c2ccc(-c3c(-c4ccccc4)oc4cccnc34)cc2)CCC1. The Morgan fingerprint density at radius 1 is 0.821 bits per heavy atom. The highest BCUT2D eigenvalue weighted by Crippen LogP contribution is 2.42. The van der Waals surface area contributed by atoms with Crippen LogP contribution in [0.3, 0.4) is 0 Å². The normalized spacial score (nSPS) is 14.6. The first-order valence-corrected chi connectivity index (χ1v) is 9.07. The molecule has 0 atom stereocenters. The first-order valence-electron chi connectivity index (χ1n) is 9.07. The Labute approximate surface area is 176 Å². The summed E-state index contributed by atoms with van der Waals surface area (Å²) in [4.78, 5) is 4.58. The highest BCUT2D eigenvalue weighted by molar-refractivity contribution is 5.99. The van der Waals surface area contributed by atoms with Gasteiger partial charge in [0.2, 0.25) is 0 Å². The summed E-state index contributed by atoms with van der Waals surface area (Å²) in [6.45, 7) is 0. The van der Waals surface area contributed by atoms with Gasteiger partial charge in [-0.05, 0) is 42.5 Å². The van der Waals surface area contributed by atoms with E-state index in [1.165, 1.54) is 12.0 Å². The van der Waals surface area contributed by atoms with Crippen LogP contribution in [0.25, 0.3) is 33.6 Å². The zero-order valence-corrected chi connectivity index (χ0v) is 16.9. The van der Waals surface area contributed by atoms with Crippen molar-refractivity contribution in [2.24, 2.45) is 5.73 Å². The number of aromatic nitrogens is 1. The number of fused-ring (bicyclic) bond motifs is 1. The maximum Gasteiger partial charge on any atom is 0.153 e. The summed E-state index contributed by atoms with van der Waals surface area (Å²) in [5, 5.41) is 0. The second kappa shape index (κ2) is 7.96. The molecule has 5 heteroatoms. The predicted octanol–water partition coefficient (Wildman–Crippen LogP) is 6.34. The molecule has 2 heterocycles. The zero-order valence-electron chi connectivity index (χ0n) is 15.3. The third kappa shape index (κ3) is 3.30. The van der Waals surface area contributed by atoms with Crippen LogP contribution in [0.15, 0.2) is 77.3 Å². The fraction of sp³-hybridized carbons (Fsp3) is 0.174. The van der Waals surface area contributed by atoms with Crippen molar-refractivity contribution in [3.63, 3.8) is 0 Å². The number of nitrogens with two attached hydrogens (primary N) is 1. The van der Waals surface area contributed by atoms with Crippen molar-refractivity contribution >= 4 is 35.9 Å². The van der Waals surface area contributed by atoms with Crippen molar-refractivity contribution in [2.45, 2.75) is 24.8 Å². The van der Waals surface area contributed by atoms with Gasteiger partial charge in [-0.2, -0.15) is 0 Å². The van der Waals surface area contributed by atoms with Gasteiger partial charge in [0.15, 0.2) is 5.58 Å². The van der Waals surface area contributed by atoms with Crippen LogP contribution in [0.1, 0.15) is 24.8 Å². The van der Waals surface area contributed by atoms with Gasteiger partial charge >= 0.3 is 0 Å². The average Bonchev–Trinajstić information content (AvgIpc) is 3.06. The molecule has 0 aliphatic heterocycles. The van der Waals surface area contributed by atoms with Crippen LogP contribution in [0.2, 0.25) is 0 Å². The lowest BCUT2D eigenvalue weighted by Crippen LogP contribution is -2.43. The molecule has 0 unspecified atom stereocenters. The Morgan fingerprint density at radius 3 is 2.18 bits per heavy atom. The lowest BCUT2D eigenvalue weighted by molar-refractivity contribution is 0.253. The molecule has 0 radical (unpaired) electrons. The number of hydrogen-bond acceptors (Lipinski definition) is 3. The lowest BCUT2D eigenvalue weighted by atomic mass is 9.72. The summed E-state index contributed by atoms with van der Waals surface area (Å²) in [7, 11) is 0. The summed E-state index contributed by atoms with van der Waals surface area (Å²) < 4.78 is 6.18. The number of rotatable bonds is 3. The van der Waals surface area contributed by atoms with Crippen LogP contribution in [0.4, 0.5) is 0 Å². The van der Waals surface area contributed by atoms with E-state index in [2.05, 4.69) is 41.4 Å². The molecule has 4 aromatic rings. The van der Waals surface area contributed by atoms with Gasteiger partial charge in [-0.3, -0.25) is 4.98 Å². The van der Waals surface area contributed by atoms with E-state index < -0.39 is 0 Å². The van der Waals surface area contributed by atoms with Gasteiger partial charge < -0.3 is 10.2 Å². The fourth-order valence-electron chi connectivity index (χ4n) is 3.80. The first kappa shape index (κ1) is 20.4. The molecule has 2 aromatic heterocycles. The number of nitrogens with zero attached hydrogens (tertiary/aromatic N) is 1. The molecule has 1 aliphatic rings. The van der Waals surface area contributed by atoms with Crippen molar-refractivity contribution in [2.75, 3.05) is 0 Å². The summed E-state index contributed by atoms with van der Waals surface area (Å²) >= 11 is 0. The van der Waals surface area contributed by atoms with Crippen LogP contribution in [-0.2, 0) is 5.54 Å². The number of hydrogen-bond donors (Lipinski definition) is 1. The van der Waals surface area contributed by atoms with E-state index in [1.807, 2.05) is 36.5 Å². The van der Waals surface area contributed by atoms with Crippen LogP contribution in [0.5, 0.6) is 0 Å². The maximum atomic E-state index is 6.47. The van der Waals surface area contributed by atoms with Crippen molar-refractivity contribution in [3.8, 4) is 22.5 Å². The molecular formula is C23H22Cl2N2O. The lowest BCUT2D eigenvalue weighted by Gasteiger charge is -2.38. The monoisotopic (exact) mass is 412 g/mol. The molecule has 1 aliphatic carbocycles. The molecular weight excluding hydrogens is 391 g/mol. The summed E-state index contributed by atoms with van der Waals surface area (Å²) in [6.07, 6.45) is 5.16. The average molecular weight is 413 g/mol. The number of benzene rings is 2. The Hall–Kier alpha value is -2.33. The number of pyridine rings is 1. The van der Waals surface area contributed by atoms with Crippen LogP contribution >= 0.6 is 24.8 Å². The fourth-order valence-corrected chi connectivity index (χ4v) is 3.80. The Morgan fingerprint density at radius 2 is 1.54 bits per heavy atom. The molecule has 0 amide bonds. The van der Waals surface area contributed by atoms with E-state index >= 15 is 0 Å². The van der Waals surface area contributed by atoms with E-state index in [0.717, 1.165) is 46.4 Å². The molecule has 0 spiro atoms. The van der Waals surface area contributed by atoms with Gasteiger partial charge in [0.25, 0.3) is 0 Å². The molecule has 5 rings (SSSR count). The highest BCUT2D eigenvalue weighted by atomic mass is 35.5. The third-order valence-corrected chi connectivity index (χ3v) is 5.48. The largest absolute Gasteiger partial charge is 0.454 e. The van der Waals surface area contributed by atoms with Crippen LogP contribution < -0.4 is 5.73 Å². The third-order valence-electron chi connectivity index (χ3n) is 5.48. The van der Waals surface area contributed by atoms with Crippen molar-refractivity contribution in [3.05, 3.63) is 78.5 Å². The van der Waals surface area contributed by atoms with Gasteiger partial charge in [-0.1, -0.05) is 54.6 Å². The molecule has 144 valence electrons. The Kier molecular flexibility index (Phi) is 5.80. The molecule has 1 saturated carbocycles. The maximum absolute atomic E-state index is 6.47. The molecule has 0 saturated heterocycles. The van der Waals surface area contributed by atoms with Gasteiger partial charge in [-0.15, -0.1) is 24.8 Å². The van der Waals surface area contributed by atoms with Gasteiger partial charge in [0.1, 0.15) is 11.3 Å². The Balaban J connectivity index is 0.00000112. The number of furan rings is 1. The molecule has 2 aromatic carbocycles. The predicted molar refractivity (Wildman–Crippen MR) is 119 cm³/mol. The van der Waals surface area contributed by atoms with E-state index in [9.17, 15) is 0 Å². The van der Waals surface area contributed by atoms with E-state index in [-0.39, 0.29) is 30.4 Å². The van der Waals surface area contributed by atoms with E-state index in [0.29, 0.717) is 0 Å². The highest BCUT2D eigenvalue weighted by Gasteiger charge is 2.34. The Bertz CT molecular complexity index is 1070. The molecule has 3 nitrogen and oxygen atoms in total. The van der Waals surface area contributed by atoms with Crippen molar-refractivity contribution in [1.82, 2.24) is 4.98 Å². The molecule has 28 heavy (non-hydrogen) atoms. The minimum atomic E-state index is -0.141. The van der Waals surface area contributed by atoms with Gasteiger partial charge in [0, 0.05) is 17.3 Å².